The normalized spacial score (nSPS) is 26.0. The molecular weight excluding hydrogens is 328 g/mol. The minimum Gasteiger partial charge on any atom is -0.299 e. The average molecular weight is 363 g/mol. The van der Waals surface area contributed by atoms with Crippen molar-refractivity contribution in [3.05, 3.63) is 0 Å². The third-order valence-corrected chi connectivity index (χ3v) is 6.43. The second kappa shape index (κ2) is 7.01. The van der Waals surface area contributed by atoms with Crippen molar-refractivity contribution in [1.29, 1.82) is 0 Å². The average Bonchev–Trinajstić information content (AvgIpc) is 2.40. The third-order valence-electron chi connectivity index (χ3n) is 6.43. The molecule has 4 heteroatoms. The number of ketones is 4. The van der Waals surface area contributed by atoms with Crippen molar-refractivity contribution in [2.24, 2.45) is 40.4 Å². The molecular formula is C22H34O4. The van der Waals surface area contributed by atoms with E-state index in [0.717, 1.165) is 0 Å². The molecule has 0 saturated heterocycles. The summed E-state index contributed by atoms with van der Waals surface area (Å²) in [7, 11) is 0. The Labute approximate surface area is 157 Å². The molecule has 0 aromatic carbocycles. The minimum atomic E-state index is -0.806. The molecule has 2 rings (SSSR count). The van der Waals surface area contributed by atoms with E-state index in [-0.39, 0.29) is 45.8 Å². The summed E-state index contributed by atoms with van der Waals surface area (Å²) < 4.78 is 0. The number of carbonyl (C=O) groups excluding carboxylic acids is 4. The summed E-state index contributed by atoms with van der Waals surface area (Å²) in [4.78, 5) is 51.7. The molecule has 26 heavy (non-hydrogen) atoms. The van der Waals surface area contributed by atoms with Gasteiger partial charge in [0, 0.05) is 25.7 Å². The third kappa shape index (κ3) is 4.15. The highest BCUT2D eigenvalue weighted by molar-refractivity contribution is 6.10. The quantitative estimate of drug-likeness (QED) is 0.708. The zero-order chi connectivity index (χ0) is 20.0. The van der Waals surface area contributed by atoms with Crippen LogP contribution in [0.15, 0.2) is 0 Å². The molecule has 0 N–H and O–H groups in total. The fourth-order valence-corrected chi connectivity index (χ4v) is 4.91. The molecule has 4 nitrogen and oxygen atoms in total. The van der Waals surface area contributed by atoms with Crippen molar-refractivity contribution in [1.82, 2.24) is 0 Å². The summed E-state index contributed by atoms with van der Waals surface area (Å²) in [6.45, 7) is 13.8. The molecule has 0 heterocycles. The van der Waals surface area contributed by atoms with Crippen LogP contribution in [0.5, 0.6) is 0 Å². The van der Waals surface area contributed by atoms with E-state index in [4.69, 9.17) is 0 Å². The van der Waals surface area contributed by atoms with Crippen molar-refractivity contribution in [2.75, 3.05) is 0 Å². The largest absolute Gasteiger partial charge is 0.299 e. The van der Waals surface area contributed by atoms with Gasteiger partial charge in [-0.15, -0.1) is 0 Å². The molecule has 1 unspecified atom stereocenters. The molecule has 0 aromatic rings. The van der Waals surface area contributed by atoms with Crippen LogP contribution < -0.4 is 0 Å². The van der Waals surface area contributed by atoms with Gasteiger partial charge in [0.1, 0.15) is 23.1 Å². The van der Waals surface area contributed by atoms with Gasteiger partial charge in [-0.2, -0.15) is 0 Å². The number of hydrogen-bond acceptors (Lipinski definition) is 4. The Hall–Kier alpha value is -1.32. The van der Waals surface area contributed by atoms with Crippen molar-refractivity contribution in [3.8, 4) is 0 Å². The molecule has 146 valence electrons. The highest BCUT2D eigenvalue weighted by Crippen LogP contribution is 2.46. The van der Waals surface area contributed by atoms with Crippen molar-refractivity contribution >= 4 is 23.1 Å². The molecule has 0 amide bonds. The van der Waals surface area contributed by atoms with Crippen molar-refractivity contribution < 1.29 is 19.2 Å². The molecule has 2 fully saturated rings. The maximum absolute atomic E-state index is 12.9. The molecule has 2 saturated carbocycles. The maximum Gasteiger partial charge on any atom is 0.144 e. The molecule has 0 radical (unpaired) electrons. The Kier molecular flexibility index (Phi) is 5.66. The molecule has 0 spiro atoms. The standard InChI is InChI=1S/C22H34O4/c1-12(2)13(3)18(19-14(23)8-21(4,5)9-15(19)24)20-16(25)10-22(6,7)11-17(20)26/h12-13,18-20H,8-11H2,1-7H3. The van der Waals surface area contributed by atoms with E-state index >= 15 is 0 Å². The lowest BCUT2D eigenvalue weighted by atomic mass is 9.57. The van der Waals surface area contributed by atoms with Gasteiger partial charge in [0.2, 0.25) is 0 Å². The fourth-order valence-electron chi connectivity index (χ4n) is 4.91. The first kappa shape index (κ1) is 21.0. The number of rotatable bonds is 4. The van der Waals surface area contributed by atoms with E-state index in [1.54, 1.807) is 0 Å². The van der Waals surface area contributed by atoms with Crippen LogP contribution in [0.2, 0.25) is 0 Å². The van der Waals surface area contributed by atoms with Crippen LogP contribution in [-0.2, 0) is 19.2 Å². The van der Waals surface area contributed by atoms with Crippen LogP contribution in [0, 0.1) is 40.4 Å². The lowest BCUT2D eigenvalue weighted by Gasteiger charge is -2.44. The Morgan fingerprint density at radius 3 is 1.15 bits per heavy atom. The Morgan fingerprint density at radius 1 is 0.654 bits per heavy atom. The zero-order valence-electron chi connectivity index (χ0n) is 17.3. The van der Waals surface area contributed by atoms with Gasteiger partial charge < -0.3 is 0 Å². The Balaban J connectivity index is 2.45. The van der Waals surface area contributed by atoms with Crippen LogP contribution in [-0.4, -0.2) is 23.1 Å². The van der Waals surface area contributed by atoms with Gasteiger partial charge in [0.25, 0.3) is 0 Å². The van der Waals surface area contributed by atoms with Gasteiger partial charge in [-0.3, -0.25) is 19.2 Å². The molecule has 2 aliphatic carbocycles. The van der Waals surface area contributed by atoms with Gasteiger partial charge in [0.15, 0.2) is 0 Å². The lowest BCUT2D eigenvalue weighted by Crippen LogP contribution is -2.52. The summed E-state index contributed by atoms with van der Waals surface area (Å²) in [5.41, 5.74) is -0.669. The van der Waals surface area contributed by atoms with E-state index in [9.17, 15) is 19.2 Å². The number of hydrogen-bond donors (Lipinski definition) is 0. The smallest absolute Gasteiger partial charge is 0.144 e. The first-order chi connectivity index (χ1) is 11.8. The van der Waals surface area contributed by atoms with Gasteiger partial charge >= 0.3 is 0 Å². The Morgan fingerprint density at radius 2 is 0.923 bits per heavy atom. The first-order valence-corrected chi connectivity index (χ1v) is 9.87. The summed E-state index contributed by atoms with van der Waals surface area (Å²) >= 11 is 0. The SMILES string of the molecule is CC(C)C(C)C(C1C(=O)CC(C)(C)CC1=O)C1C(=O)CC(C)(C)CC1=O. The summed E-state index contributed by atoms with van der Waals surface area (Å²) in [6.07, 6.45) is 1.35. The monoisotopic (exact) mass is 362 g/mol. The highest BCUT2D eigenvalue weighted by Gasteiger charge is 2.53. The van der Waals surface area contributed by atoms with Crippen molar-refractivity contribution in [3.63, 3.8) is 0 Å². The van der Waals surface area contributed by atoms with Gasteiger partial charge in [-0.1, -0.05) is 48.5 Å². The molecule has 0 bridgehead atoms. The predicted octanol–water partition coefficient (Wildman–Crippen LogP) is 4.04. The molecule has 0 aromatic heterocycles. The van der Waals surface area contributed by atoms with Crippen LogP contribution >= 0.6 is 0 Å². The number of Topliss-reactive ketones (excluding diaryl/α,β-unsaturated/α-hetero) is 4. The minimum absolute atomic E-state index is 0.0479. The fraction of sp³-hybridized carbons (Fsp3) is 0.818. The van der Waals surface area contributed by atoms with Crippen LogP contribution in [0.4, 0.5) is 0 Å². The lowest BCUT2D eigenvalue weighted by molar-refractivity contribution is -0.150. The second-order valence-electron chi connectivity index (χ2n) is 10.5. The van der Waals surface area contributed by atoms with Gasteiger partial charge in [0.05, 0.1) is 11.8 Å². The predicted molar refractivity (Wildman–Crippen MR) is 101 cm³/mol. The summed E-state index contributed by atoms with van der Waals surface area (Å²) in [6, 6.07) is 0. The second-order valence-corrected chi connectivity index (χ2v) is 10.5. The molecule has 0 aliphatic heterocycles. The highest BCUT2D eigenvalue weighted by atomic mass is 16.2. The maximum atomic E-state index is 12.9. The van der Waals surface area contributed by atoms with Crippen molar-refractivity contribution in [2.45, 2.75) is 74.1 Å². The Bertz CT molecular complexity index is 538. The molecule has 2 aliphatic rings. The zero-order valence-corrected chi connectivity index (χ0v) is 17.3. The van der Waals surface area contributed by atoms with E-state index < -0.39 is 17.8 Å². The molecule has 1 atom stereocenters. The van der Waals surface area contributed by atoms with E-state index in [0.29, 0.717) is 25.7 Å². The van der Waals surface area contributed by atoms with E-state index in [1.807, 2.05) is 48.5 Å². The van der Waals surface area contributed by atoms with Crippen LogP contribution in [0.1, 0.15) is 74.1 Å². The van der Waals surface area contributed by atoms with Gasteiger partial charge in [-0.25, -0.2) is 0 Å². The van der Waals surface area contributed by atoms with E-state index in [1.165, 1.54) is 0 Å². The summed E-state index contributed by atoms with van der Waals surface area (Å²) in [5.74, 6) is -2.33. The van der Waals surface area contributed by atoms with Crippen LogP contribution in [0.3, 0.4) is 0 Å². The van der Waals surface area contributed by atoms with E-state index in [2.05, 4.69) is 0 Å². The van der Waals surface area contributed by atoms with Crippen LogP contribution in [0.25, 0.3) is 0 Å². The number of carbonyl (C=O) groups is 4. The first-order valence-electron chi connectivity index (χ1n) is 9.87. The topological polar surface area (TPSA) is 68.3 Å². The van der Waals surface area contributed by atoms with Gasteiger partial charge in [-0.05, 0) is 28.6 Å². The summed E-state index contributed by atoms with van der Waals surface area (Å²) in [5, 5.41) is 0.